The summed E-state index contributed by atoms with van der Waals surface area (Å²) >= 11 is 0. The van der Waals surface area contributed by atoms with E-state index >= 15 is 0 Å². The van der Waals surface area contributed by atoms with Crippen LogP contribution in [-0.4, -0.2) is 41.7 Å². The predicted octanol–water partition coefficient (Wildman–Crippen LogP) is 2.39. The van der Waals surface area contributed by atoms with Crippen molar-refractivity contribution >= 4 is 5.91 Å². The molecule has 0 spiro atoms. The Morgan fingerprint density at radius 3 is 2.91 bits per heavy atom. The van der Waals surface area contributed by atoms with E-state index in [2.05, 4.69) is 0 Å². The smallest absolute Gasteiger partial charge is 0.222 e. The molecule has 1 N–H and O–H groups in total. The number of carbonyl (C=O) groups excluding carboxylic acids is 1. The summed E-state index contributed by atoms with van der Waals surface area (Å²) < 4.78 is 5.34. The number of methoxy groups -OCH3 is 1. The summed E-state index contributed by atoms with van der Waals surface area (Å²) in [7, 11) is 1.66. The van der Waals surface area contributed by atoms with Gasteiger partial charge in [0.2, 0.25) is 5.91 Å². The fourth-order valence-corrected chi connectivity index (χ4v) is 3.49. The second-order valence-electron chi connectivity index (χ2n) is 6.59. The number of piperidine rings is 1. The van der Waals surface area contributed by atoms with Crippen molar-refractivity contribution in [3.05, 3.63) is 29.8 Å². The van der Waals surface area contributed by atoms with E-state index in [1.165, 1.54) is 0 Å². The summed E-state index contributed by atoms with van der Waals surface area (Å²) in [5, 5.41) is 10.3. The summed E-state index contributed by atoms with van der Waals surface area (Å²) in [5.41, 5.74) is 0.606. The van der Waals surface area contributed by atoms with Crippen molar-refractivity contribution in [2.75, 3.05) is 20.2 Å². The van der Waals surface area contributed by atoms with E-state index in [1.54, 1.807) is 7.11 Å². The lowest BCUT2D eigenvalue weighted by Crippen LogP contribution is -2.44. The van der Waals surface area contributed by atoms with E-state index in [1.807, 2.05) is 29.2 Å². The minimum Gasteiger partial charge on any atom is -0.496 e. The fraction of sp³-hybridized carbons (Fsp3) is 0.611. The van der Waals surface area contributed by atoms with Crippen LogP contribution in [0.15, 0.2) is 24.3 Å². The van der Waals surface area contributed by atoms with Gasteiger partial charge in [-0.1, -0.05) is 18.2 Å². The Bertz CT molecular complexity index is 539. The largest absolute Gasteiger partial charge is 0.496 e. The molecule has 1 heterocycles. The number of ether oxygens (including phenoxy) is 1. The van der Waals surface area contributed by atoms with Crippen LogP contribution in [0.5, 0.6) is 5.75 Å². The Kier molecular flexibility index (Phi) is 4.39. The molecule has 22 heavy (non-hydrogen) atoms. The Morgan fingerprint density at radius 1 is 1.41 bits per heavy atom. The number of likely N-dealkylation sites (tertiary alicyclic amines) is 1. The van der Waals surface area contributed by atoms with Crippen molar-refractivity contribution in [2.24, 2.45) is 5.92 Å². The number of amides is 1. The van der Waals surface area contributed by atoms with Crippen LogP contribution in [-0.2, 0) is 11.2 Å². The maximum atomic E-state index is 12.5. The van der Waals surface area contributed by atoms with Crippen molar-refractivity contribution in [1.29, 1.82) is 0 Å². The highest BCUT2D eigenvalue weighted by Crippen LogP contribution is 2.45. The molecular weight excluding hydrogens is 278 g/mol. The van der Waals surface area contributed by atoms with Gasteiger partial charge in [0.1, 0.15) is 5.75 Å². The van der Waals surface area contributed by atoms with Crippen molar-refractivity contribution in [1.82, 2.24) is 4.90 Å². The standard InChI is InChI=1S/C18H25NO3/c1-22-16-7-3-2-5-14(16)8-9-17(20)19-12-4-6-15(13-19)18(21)10-11-18/h2-3,5,7,15,21H,4,6,8-13H2,1H3. The molecule has 120 valence electrons. The molecule has 2 aliphatic rings. The van der Waals surface area contributed by atoms with Gasteiger partial charge >= 0.3 is 0 Å². The van der Waals surface area contributed by atoms with Crippen molar-refractivity contribution in [3.8, 4) is 5.75 Å². The number of benzene rings is 1. The number of hydrogen-bond acceptors (Lipinski definition) is 3. The zero-order valence-electron chi connectivity index (χ0n) is 13.3. The molecule has 0 aromatic heterocycles. The van der Waals surface area contributed by atoms with Crippen LogP contribution in [0.1, 0.15) is 37.7 Å². The molecule has 4 nitrogen and oxygen atoms in total. The molecule has 1 saturated heterocycles. The highest BCUT2D eigenvalue weighted by atomic mass is 16.5. The van der Waals surface area contributed by atoms with E-state index in [4.69, 9.17) is 4.74 Å². The summed E-state index contributed by atoms with van der Waals surface area (Å²) in [6.45, 7) is 1.55. The van der Waals surface area contributed by atoms with Gasteiger partial charge in [-0.05, 0) is 43.7 Å². The number of rotatable bonds is 5. The maximum absolute atomic E-state index is 12.5. The SMILES string of the molecule is COc1ccccc1CCC(=O)N1CCCC(C2(O)CC2)C1. The zero-order chi connectivity index (χ0) is 15.6. The predicted molar refractivity (Wildman–Crippen MR) is 84.8 cm³/mol. The number of para-hydroxylation sites is 1. The van der Waals surface area contributed by atoms with Gasteiger partial charge in [-0.15, -0.1) is 0 Å². The van der Waals surface area contributed by atoms with E-state index in [-0.39, 0.29) is 11.8 Å². The molecule has 1 aliphatic carbocycles. The van der Waals surface area contributed by atoms with Crippen LogP contribution in [0.25, 0.3) is 0 Å². The Balaban J connectivity index is 1.55. The summed E-state index contributed by atoms with van der Waals surface area (Å²) in [4.78, 5) is 14.4. The van der Waals surface area contributed by atoms with Crippen molar-refractivity contribution in [3.63, 3.8) is 0 Å². The van der Waals surface area contributed by atoms with Gasteiger partial charge in [0.25, 0.3) is 0 Å². The van der Waals surface area contributed by atoms with Gasteiger partial charge in [0.15, 0.2) is 0 Å². The van der Waals surface area contributed by atoms with Crippen LogP contribution >= 0.6 is 0 Å². The third-order valence-corrected chi connectivity index (χ3v) is 5.10. The fourth-order valence-electron chi connectivity index (χ4n) is 3.49. The monoisotopic (exact) mass is 303 g/mol. The van der Waals surface area contributed by atoms with Gasteiger partial charge in [-0.25, -0.2) is 0 Å². The molecule has 1 saturated carbocycles. The lowest BCUT2D eigenvalue weighted by Gasteiger charge is -2.35. The lowest BCUT2D eigenvalue weighted by atomic mass is 9.90. The number of aliphatic hydroxyl groups is 1. The second-order valence-corrected chi connectivity index (χ2v) is 6.59. The minimum atomic E-state index is -0.471. The Labute approximate surface area is 132 Å². The molecule has 1 amide bonds. The van der Waals surface area contributed by atoms with Crippen molar-refractivity contribution in [2.45, 2.75) is 44.1 Å². The Hall–Kier alpha value is -1.55. The minimum absolute atomic E-state index is 0.194. The molecule has 1 aromatic rings. The molecule has 1 aromatic carbocycles. The van der Waals surface area contributed by atoms with Crippen LogP contribution in [0, 0.1) is 5.92 Å². The summed E-state index contributed by atoms with van der Waals surface area (Å²) in [6.07, 6.45) is 5.07. The van der Waals surface area contributed by atoms with Crippen molar-refractivity contribution < 1.29 is 14.6 Å². The highest BCUT2D eigenvalue weighted by Gasteiger charge is 2.48. The van der Waals surface area contributed by atoms with Gasteiger partial charge in [-0.3, -0.25) is 4.79 Å². The number of aryl methyl sites for hydroxylation is 1. The molecule has 1 unspecified atom stereocenters. The maximum Gasteiger partial charge on any atom is 0.222 e. The average Bonchev–Trinajstić information content (AvgIpc) is 3.32. The van der Waals surface area contributed by atoms with E-state index in [0.717, 1.165) is 50.1 Å². The third kappa shape index (κ3) is 3.27. The molecular formula is C18H25NO3. The molecule has 2 fully saturated rings. The number of nitrogens with zero attached hydrogens (tertiary/aromatic N) is 1. The molecule has 1 atom stereocenters. The topological polar surface area (TPSA) is 49.8 Å². The summed E-state index contributed by atoms with van der Waals surface area (Å²) in [5.74, 6) is 1.32. The number of carbonyl (C=O) groups is 1. The first-order chi connectivity index (χ1) is 10.6. The first kappa shape index (κ1) is 15.3. The molecule has 3 rings (SSSR count). The van der Waals surface area contributed by atoms with Gasteiger partial charge in [-0.2, -0.15) is 0 Å². The lowest BCUT2D eigenvalue weighted by molar-refractivity contribution is -0.134. The van der Waals surface area contributed by atoms with Crippen LogP contribution in [0.4, 0.5) is 0 Å². The second kappa shape index (κ2) is 6.29. The number of hydrogen-bond donors (Lipinski definition) is 1. The molecule has 0 bridgehead atoms. The third-order valence-electron chi connectivity index (χ3n) is 5.10. The van der Waals surface area contributed by atoms with E-state index in [9.17, 15) is 9.90 Å². The molecule has 1 aliphatic heterocycles. The van der Waals surface area contributed by atoms with Gasteiger partial charge in [0.05, 0.1) is 12.7 Å². The first-order valence-corrected chi connectivity index (χ1v) is 8.24. The zero-order valence-corrected chi connectivity index (χ0v) is 13.3. The Morgan fingerprint density at radius 2 is 2.18 bits per heavy atom. The summed E-state index contributed by atoms with van der Waals surface area (Å²) in [6, 6.07) is 7.86. The normalized spacial score (nSPS) is 23.2. The van der Waals surface area contributed by atoms with Crippen LogP contribution in [0.2, 0.25) is 0 Å². The highest BCUT2D eigenvalue weighted by molar-refractivity contribution is 5.76. The van der Waals surface area contributed by atoms with Gasteiger partial charge < -0.3 is 14.7 Å². The average molecular weight is 303 g/mol. The molecule has 4 heteroatoms. The van der Waals surface area contributed by atoms with Gasteiger partial charge in [0, 0.05) is 25.4 Å². The van der Waals surface area contributed by atoms with Crippen LogP contribution < -0.4 is 4.74 Å². The van der Waals surface area contributed by atoms with Crippen LogP contribution in [0.3, 0.4) is 0 Å². The first-order valence-electron chi connectivity index (χ1n) is 8.24. The quantitative estimate of drug-likeness (QED) is 0.908. The molecule has 0 radical (unpaired) electrons. The van der Waals surface area contributed by atoms with E-state index < -0.39 is 5.60 Å². The van der Waals surface area contributed by atoms with E-state index in [0.29, 0.717) is 12.8 Å².